The van der Waals surface area contributed by atoms with Crippen LogP contribution in [0, 0.1) is 17.8 Å². The number of aliphatic carboxylic acids is 1. The van der Waals surface area contributed by atoms with E-state index in [-0.39, 0.29) is 25.9 Å². The highest BCUT2D eigenvalue weighted by atomic mass is 16.6. The molecular weight excluding hydrogens is 586 g/mol. The minimum atomic E-state index is -1.42. The molecule has 45 heavy (non-hydrogen) atoms. The zero-order valence-corrected chi connectivity index (χ0v) is 27.1. The Morgan fingerprint density at radius 1 is 0.822 bits per heavy atom. The number of amides is 3. The van der Waals surface area contributed by atoms with Crippen molar-refractivity contribution in [2.75, 3.05) is 0 Å². The largest absolute Gasteiger partial charge is 0.480 e. The fourth-order valence-electron chi connectivity index (χ4n) is 3.61. The average molecular weight is 632 g/mol. The Bertz CT molecular complexity index is 1250. The van der Waals surface area contributed by atoms with Crippen molar-refractivity contribution < 1.29 is 48.1 Å². The van der Waals surface area contributed by atoms with Gasteiger partial charge in [-0.2, -0.15) is 0 Å². The molecule has 13 heteroatoms. The third-order valence-electron chi connectivity index (χ3n) is 5.64. The SMILES string of the molecule is CC(C)C(NC(=O)[C@H](CCC(=O)OC(C)(C)C)NC(=O)[C@H](CC#CC(=O)OC(C)(C)C)NC(=O)OCc1ccccc1)C(=O)O. The zero-order chi connectivity index (χ0) is 34.4. The monoisotopic (exact) mass is 631 g/mol. The molecule has 1 unspecified atom stereocenters. The molecule has 1 aromatic rings. The van der Waals surface area contributed by atoms with Gasteiger partial charge < -0.3 is 35.3 Å². The van der Waals surface area contributed by atoms with Crippen LogP contribution in [0.2, 0.25) is 0 Å². The molecule has 3 amide bonds. The third-order valence-corrected chi connectivity index (χ3v) is 5.64. The van der Waals surface area contributed by atoms with Gasteiger partial charge in [0.15, 0.2) is 0 Å². The van der Waals surface area contributed by atoms with Crippen LogP contribution in [0.4, 0.5) is 4.79 Å². The van der Waals surface area contributed by atoms with Crippen LogP contribution in [-0.2, 0) is 44.8 Å². The summed E-state index contributed by atoms with van der Waals surface area (Å²) in [5.74, 6) is -0.276. The fraction of sp³-hybridized carbons (Fsp3) is 0.562. The fourth-order valence-corrected chi connectivity index (χ4v) is 3.61. The minimum absolute atomic E-state index is 0.0999. The van der Waals surface area contributed by atoms with Crippen molar-refractivity contribution in [1.29, 1.82) is 0 Å². The lowest BCUT2D eigenvalue weighted by molar-refractivity contribution is -0.155. The highest BCUT2D eigenvalue weighted by molar-refractivity contribution is 5.93. The number of hydrogen-bond acceptors (Lipinski definition) is 9. The smallest absolute Gasteiger partial charge is 0.408 e. The Hall–Kier alpha value is -4.60. The first-order valence-electron chi connectivity index (χ1n) is 14.5. The predicted molar refractivity (Wildman–Crippen MR) is 163 cm³/mol. The second kappa shape index (κ2) is 17.6. The summed E-state index contributed by atoms with van der Waals surface area (Å²) in [7, 11) is 0. The van der Waals surface area contributed by atoms with Crippen LogP contribution >= 0.6 is 0 Å². The van der Waals surface area contributed by atoms with Crippen molar-refractivity contribution in [3.8, 4) is 11.8 Å². The zero-order valence-electron chi connectivity index (χ0n) is 27.1. The third kappa shape index (κ3) is 16.7. The Kier molecular flexibility index (Phi) is 15.1. The van der Waals surface area contributed by atoms with Crippen molar-refractivity contribution in [3.63, 3.8) is 0 Å². The van der Waals surface area contributed by atoms with Crippen molar-refractivity contribution in [2.45, 2.75) is 111 Å². The van der Waals surface area contributed by atoms with Gasteiger partial charge in [-0.15, -0.1) is 0 Å². The van der Waals surface area contributed by atoms with Crippen LogP contribution in [0.15, 0.2) is 30.3 Å². The second-order valence-corrected chi connectivity index (χ2v) is 12.5. The number of ether oxygens (including phenoxy) is 3. The van der Waals surface area contributed by atoms with Gasteiger partial charge in [0.25, 0.3) is 0 Å². The molecule has 0 fully saturated rings. The molecule has 0 aliphatic heterocycles. The number of benzene rings is 1. The standard InChI is InChI=1S/C32H45N3O10/c1-20(2)26(29(40)41)35-28(39)23(17-18-25(37)45-32(6,7)8)33-27(38)22(15-12-16-24(36)44-31(3,4)5)34-30(42)43-19-21-13-10-9-11-14-21/h9-11,13-14,20,22-23,26H,15,17-19H2,1-8H3,(H,33,38)(H,34,42)(H,35,39)(H,40,41)/t22-,23-,26?/m0/s1. The van der Waals surface area contributed by atoms with Crippen molar-refractivity contribution in [3.05, 3.63) is 35.9 Å². The summed E-state index contributed by atoms with van der Waals surface area (Å²) in [6.45, 7) is 13.1. The summed E-state index contributed by atoms with van der Waals surface area (Å²) < 4.78 is 15.6. The van der Waals surface area contributed by atoms with E-state index in [2.05, 4.69) is 27.8 Å². The number of esters is 2. The van der Waals surface area contributed by atoms with Crippen LogP contribution in [-0.4, -0.2) is 70.2 Å². The van der Waals surface area contributed by atoms with Gasteiger partial charge in [-0.25, -0.2) is 14.4 Å². The number of rotatable bonds is 13. The van der Waals surface area contributed by atoms with Gasteiger partial charge in [0, 0.05) is 18.8 Å². The Morgan fingerprint density at radius 2 is 1.40 bits per heavy atom. The molecule has 0 spiro atoms. The molecule has 0 aromatic heterocycles. The van der Waals surface area contributed by atoms with Crippen LogP contribution < -0.4 is 16.0 Å². The Morgan fingerprint density at radius 3 is 1.93 bits per heavy atom. The van der Waals surface area contributed by atoms with Crippen LogP contribution in [0.3, 0.4) is 0 Å². The molecule has 0 aliphatic rings. The average Bonchev–Trinajstić information content (AvgIpc) is 2.90. The first kappa shape index (κ1) is 38.4. The quantitative estimate of drug-likeness (QED) is 0.109. The summed E-state index contributed by atoms with van der Waals surface area (Å²) >= 11 is 0. The number of hydrogen-bond donors (Lipinski definition) is 4. The van der Waals surface area contributed by atoms with Gasteiger partial charge >= 0.3 is 24.0 Å². The summed E-state index contributed by atoms with van der Waals surface area (Å²) in [5.41, 5.74) is -0.914. The molecule has 0 saturated carbocycles. The molecule has 248 valence electrons. The molecule has 0 saturated heterocycles. The van der Waals surface area contributed by atoms with E-state index in [9.17, 15) is 33.9 Å². The van der Waals surface area contributed by atoms with Gasteiger partial charge in [-0.3, -0.25) is 14.4 Å². The van der Waals surface area contributed by atoms with Gasteiger partial charge in [-0.1, -0.05) is 50.1 Å². The second-order valence-electron chi connectivity index (χ2n) is 12.5. The molecule has 3 atom stereocenters. The maximum atomic E-state index is 13.4. The van der Waals surface area contributed by atoms with Crippen molar-refractivity contribution in [1.82, 2.24) is 16.0 Å². The van der Waals surface area contributed by atoms with Crippen LogP contribution in [0.5, 0.6) is 0 Å². The number of alkyl carbamates (subject to hydrolysis) is 1. The van der Waals surface area contributed by atoms with E-state index in [4.69, 9.17) is 14.2 Å². The minimum Gasteiger partial charge on any atom is -0.480 e. The van der Waals surface area contributed by atoms with E-state index in [1.165, 1.54) is 0 Å². The lowest BCUT2D eigenvalue weighted by Gasteiger charge is -2.25. The lowest BCUT2D eigenvalue weighted by Crippen LogP contribution is -2.56. The van der Waals surface area contributed by atoms with Crippen LogP contribution in [0.1, 0.15) is 80.2 Å². The summed E-state index contributed by atoms with van der Waals surface area (Å²) in [6.07, 6.45) is -1.88. The number of carbonyl (C=O) groups is 6. The number of carbonyl (C=O) groups excluding carboxylic acids is 5. The Labute approximate surface area is 264 Å². The summed E-state index contributed by atoms with van der Waals surface area (Å²) in [6, 6.07) is 4.70. The first-order valence-corrected chi connectivity index (χ1v) is 14.5. The number of carboxylic acid groups (broad SMARTS) is 1. The van der Waals surface area contributed by atoms with Gasteiger partial charge in [-0.05, 0) is 59.4 Å². The van der Waals surface area contributed by atoms with E-state index in [0.29, 0.717) is 5.56 Å². The highest BCUT2D eigenvalue weighted by Gasteiger charge is 2.31. The highest BCUT2D eigenvalue weighted by Crippen LogP contribution is 2.12. The van der Waals surface area contributed by atoms with Crippen LogP contribution in [0.25, 0.3) is 0 Å². The molecule has 1 aromatic carbocycles. The van der Waals surface area contributed by atoms with E-state index in [1.54, 1.807) is 85.7 Å². The first-order chi connectivity index (χ1) is 20.8. The Balaban J connectivity index is 3.21. The molecule has 4 N–H and O–H groups in total. The van der Waals surface area contributed by atoms with E-state index in [1.807, 2.05) is 0 Å². The topological polar surface area (TPSA) is 186 Å². The predicted octanol–water partition coefficient (Wildman–Crippen LogP) is 2.85. The van der Waals surface area contributed by atoms with Gasteiger partial charge in [0.2, 0.25) is 11.8 Å². The van der Waals surface area contributed by atoms with E-state index < -0.39 is 71.1 Å². The molecule has 0 bridgehead atoms. The van der Waals surface area contributed by atoms with Crippen molar-refractivity contribution in [2.24, 2.45) is 5.92 Å². The maximum absolute atomic E-state index is 13.4. The molecule has 1 rings (SSSR count). The molecule has 0 aliphatic carbocycles. The molecule has 0 radical (unpaired) electrons. The molecule has 13 nitrogen and oxygen atoms in total. The summed E-state index contributed by atoms with van der Waals surface area (Å²) in [5, 5.41) is 16.8. The molecular formula is C32H45N3O10. The molecule has 0 heterocycles. The normalized spacial score (nSPS) is 13.2. The van der Waals surface area contributed by atoms with Crippen molar-refractivity contribution >= 4 is 35.8 Å². The van der Waals surface area contributed by atoms with Gasteiger partial charge in [0.1, 0.15) is 35.9 Å². The van der Waals surface area contributed by atoms with E-state index in [0.717, 1.165) is 0 Å². The summed E-state index contributed by atoms with van der Waals surface area (Å²) in [4.78, 5) is 75.4. The lowest BCUT2D eigenvalue weighted by atomic mass is 10.0. The van der Waals surface area contributed by atoms with Gasteiger partial charge in [0.05, 0.1) is 0 Å². The van der Waals surface area contributed by atoms with E-state index >= 15 is 0 Å². The number of carboxylic acids is 1. The number of nitrogens with one attached hydrogen (secondary N) is 3. The maximum Gasteiger partial charge on any atom is 0.408 e.